The first-order valence-electron chi connectivity index (χ1n) is 7.19. The maximum Gasteiger partial charge on any atom is 0.141 e. The van der Waals surface area contributed by atoms with Crippen LogP contribution < -0.4 is 10.2 Å². The zero-order valence-corrected chi connectivity index (χ0v) is 13.5. The summed E-state index contributed by atoms with van der Waals surface area (Å²) in [4.78, 5) is 13.9. The van der Waals surface area contributed by atoms with Crippen molar-refractivity contribution in [1.29, 1.82) is 0 Å². The third kappa shape index (κ3) is 2.19. The van der Waals surface area contributed by atoms with E-state index in [0.717, 1.165) is 36.6 Å². The molecule has 3 heterocycles. The van der Waals surface area contributed by atoms with Crippen LogP contribution in [-0.2, 0) is 0 Å². The molecule has 0 bridgehead atoms. The number of fused-ring (bicyclic) bond motifs is 1. The molecule has 1 saturated heterocycles. The van der Waals surface area contributed by atoms with Crippen molar-refractivity contribution >= 4 is 27.4 Å². The molecule has 20 heavy (non-hydrogen) atoms. The smallest absolute Gasteiger partial charge is 0.141 e. The number of rotatable bonds is 2. The Morgan fingerprint density at radius 3 is 2.60 bits per heavy atom. The van der Waals surface area contributed by atoms with Crippen LogP contribution in [0.3, 0.4) is 0 Å². The van der Waals surface area contributed by atoms with E-state index in [2.05, 4.69) is 48.0 Å². The van der Waals surface area contributed by atoms with E-state index in [4.69, 9.17) is 0 Å². The summed E-state index contributed by atoms with van der Waals surface area (Å²) in [5.74, 6) is 1.12. The summed E-state index contributed by atoms with van der Waals surface area (Å²) in [5, 5.41) is 4.70. The maximum atomic E-state index is 4.58. The quantitative estimate of drug-likeness (QED) is 0.923. The number of aryl methyl sites for hydroxylation is 2. The van der Waals surface area contributed by atoms with Crippen LogP contribution in [0.4, 0.5) is 5.82 Å². The molecule has 108 valence electrons. The molecule has 0 radical (unpaired) electrons. The Bertz CT molecular complexity index is 626. The molecule has 2 aromatic rings. The van der Waals surface area contributed by atoms with Crippen molar-refractivity contribution in [2.24, 2.45) is 0 Å². The normalized spacial score (nSPS) is 18.7. The first-order valence-corrected chi connectivity index (χ1v) is 8.00. The molecule has 1 aliphatic rings. The Hall–Kier alpha value is -1.20. The summed E-state index contributed by atoms with van der Waals surface area (Å²) < 4.78 is 0. The van der Waals surface area contributed by atoms with E-state index in [1.807, 2.05) is 0 Å². The highest BCUT2D eigenvalue weighted by Crippen LogP contribution is 2.35. The number of nitrogens with zero attached hydrogens (tertiary/aromatic N) is 3. The summed E-state index contributed by atoms with van der Waals surface area (Å²) in [5.41, 5.74) is 1.60. The maximum absolute atomic E-state index is 4.58. The van der Waals surface area contributed by atoms with Gasteiger partial charge in [-0.15, -0.1) is 11.3 Å². The van der Waals surface area contributed by atoms with E-state index >= 15 is 0 Å². The lowest BCUT2D eigenvalue weighted by atomic mass is 9.90. The molecular weight excluding hydrogens is 268 g/mol. The third-order valence-electron chi connectivity index (χ3n) is 4.72. The number of piperidine rings is 1. The fourth-order valence-electron chi connectivity index (χ4n) is 2.87. The van der Waals surface area contributed by atoms with Crippen molar-refractivity contribution in [1.82, 2.24) is 15.3 Å². The zero-order chi connectivity index (χ0) is 14.3. The van der Waals surface area contributed by atoms with Gasteiger partial charge in [0.2, 0.25) is 0 Å². The second kappa shape index (κ2) is 4.97. The molecule has 0 atom stereocenters. The lowest BCUT2D eigenvalue weighted by molar-refractivity contribution is 0.304. The fraction of sp³-hybridized carbons (Fsp3) is 0.600. The van der Waals surface area contributed by atoms with E-state index in [-0.39, 0.29) is 5.54 Å². The summed E-state index contributed by atoms with van der Waals surface area (Å²) in [6.45, 7) is 8.76. The predicted molar refractivity (Wildman–Crippen MR) is 85.8 cm³/mol. The van der Waals surface area contributed by atoms with Gasteiger partial charge in [-0.25, -0.2) is 9.97 Å². The van der Waals surface area contributed by atoms with Crippen LogP contribution in [0.2, 0.25) is 0 Å². The average molecular weight is 290 g/mol. The van der Waals surface area contributed by atoms with Crippen LogP contribution in [0.5, 0.6) is 0 Å². The summed E-state index contributed by atoms with van der Waals surface area (Å²) in [6.07, 6.45) is 4.01. The Labute approximate surface area is 124 Å². The second-order valence-electron chi connectivity index (χ2n) is 5.96. The van der Waals surface area contributed by atoms with E-state index < -0.39 is 0 Å². The van der Waals surface area contributed by atoms with Crippen LogP contribution in [-0.4, -0.2) is 35.6 Å². The van der Waals surface area contributed by atoms with Crippen LogP contribution in [0.1, 0.15) is 30.2 Å². The van der Waals surface area contributed by atoms with Gasteiger partial charge in [0.05, 0.1) is 5.39 Å². The van der Waals surface area contributed by atoms with Crippen molar-refractivity contribution < 1.29 is 0 Å². The van der Waals surface area contributed by atoms with Crippen LogP contribution in [0.25, 0.3) is 10.2 Å². The molecule has 2 aromatic heterocycles. The number of thiophene rings is 1. The molecule has 4 nitrogen and oxygen atoms in total. The second-order valence-corrected chi connectivity index (χ2v) is 7.16. The number of hydrogen-bond acceptors (Lipinski definition) is 5. The minimum atomic E-state index is 0.266. The van der Waals surface area contributed by atoms with Crippen molar-refractivity contribution in [2.75, 3.05) is 25.0 Å². The van der Waals surface area contributed by atoms with Gasteiger partial charge in [-0.1, -0.05) is 0 Å². The number of nitrogens with one attached hydrogen (secondary N) is 1. The summed E-state index contributed by atoms with van der Waals surface area (Å²) in [7, 11) is 2.06. The van der Waals surface area contributed by atoms with Gasteiger partial charge in [0, 0.05) is 23.5 Å². The molecule has 0 spiro atoms. The first kappa shape index (κ1) is 13.8. The zero-order valence-electron chi connectivity index (χ0n) is 12.7. The fourth-order valence-corrected chi connectivity index (χ4v) is 3.86. The standard InChI is InChI=1S/C15H22N4S/c1-10-11(2)20-14-12(10)13(17-9-18-14)19-7-5-15(3,16-4)6-8-19/h9,16H,5-8H2,1-4H3. The van der Waals surface area contributed by atoms with Crippen LogP contribution >= 0.6 is 11.3 Å². The SMILES string of the molecule is CNC1(C)CCN(c2ncnc3sc(C)c(C)c23)CC1. The van der Waals surface area contributed by atoms with Crippen molar-refractivity contribution in [2.45, 2.75) is 39.2 Å². The lowest BCUT2D eigenvalue weighted by Crippen LogP contribution is -2.50. The van der Waals surface area contributed by atoms with Crippen molar-refractivity contribution in [3.8, 4) is 0 Å². The highest BCUT2D eigenvalue weighted by atomic mass is 32.1. The third-order valence-corrected chi connectivity index (χ3v) is 5.83. The average Bonchev–Trinajstić information content (AvgIpc) is 2.75. The molecule has 1 N–H and O–H groups in total. The molecule has 0 aromatic carbocycles. The lowest BCUT2D eigenvalue weighted by Gasteiger charge is -2.40. The topological polar surface area (TPSA) is 41.0 Å². The highest BCUT2D eigenvalue weighted by Gasteiger charge is 2.29. The Balaban J connectivity index is 1.96. The van der Waals surface area contributed by atoms with E-state index in [1.54, 1.807) is 17.7 Å². The van der Waals surface area contributed by atoms with E-state index in [1.165, 1.54) is 15.8 Å². The minimum absolute atomic E-state index is 0.266. The molecule has 0 saturated carbocycles. The highest BCUT2D eigenvalue weighted by molar-refractivity contribution is 7.18. The summed E-state index contributed by atoms with van der Waals surface area (Å²) >= 11 is 1.77. The number of anilines is 1. The molecule has 0 unspecified atom stereocenters. The predicted octanol–water partition coefficient (Wildman–Crippen LogP) is 2.89. The molecule has 5 heteroatoms. The van der Waals surface area contributed by atoms with Gasteiger partial charge in [-0.05, 0) is 46.2 Å². The Kier molecular flexibility index (Phi) is 3.42. The van der Waals surface area contributed by atoms with Crippen LogP contribution in [0, 0.1) is 13.8 Å². The van der Waals surface area contributed by atoms with Crippen LogP contribution in [0.15, 0.2) is 6.33 Å². The monoisotopic (exact) mass is 290 g/mol. The first-order chi connectivity index (χ1) is 9.54. The Morgan fingerprint density at radius 2 is 1.95 bits per heavy atom. The van der Waals surface area contributed by atoms with Crippen molar-refractivity contribution in [3.05, 3.63) is 16.8 Å². The van der Waals surface area contributed by atoms with E-state index in [9.17, 15) is 0 Å². The summed E-state index contributed by atoms with van der Waals surface area (Å²) in [6, 6.07) is 0. The van der Waals surface area contributed by atoms with Gasteiger partial charge >= 0.3 is 0 Å². The van der Waals surface area contributed by atoms with E-state index in [0.29, 0.717) is 0 Å². The van der Waals surface area contributed by atoms with Crippen molar-refractivity contribution in [3.63, 3.8) is 0 Å². The molecule has 1 aliphatic heterocycles. The largest absolute Gasteiger partial charge is 0.356 e. The Morgan fingerprint density at radius 1 is 1.25 bits per heavy atom. The van der Waals surface area contributed by atoms with Gasteiger partial charge in [-0.2, -0.15) is 0 Å². The number of aromatic nitrogens is 2. The molecule has 3 rings (SSSR count). The van der Waals surface area contributed by atoms with Gasteiger partial charge < -0.3 is 10.2 Å². The molecule has 1 fully saturated rings. The van der Waals surface area contributed by atoms with Gasteiger partial charge in [-0.3, -0.25) is 0 Å². The van der Waals surface area contributed by atoms with Gasteiger partial charge in [0.25, 0.3) is 0 Å². The molecule has 0 amide bonds. The number of hydrogen-bond donors (Lipinski definition) is 1. The minimum Gasteiger partial charge on any atom is -0.356 e. The molecular formula is C15H22N4S. The molecule has 0 aliphatic carbocycles. The van der Waals surface area contributed by atoms with Gasteiger partial charge in [0.15, 0.2) is 0 Å². The van der Waals surface area contributed by atoms with Gasteiger partial charge in [0.1, 0.15) is 17.0 Å².